The summed E-state index contributed by atoms with van der Waals surface area (Å²) in [4.78, 5) is 0. The summed E-state index contributed by atoms with van der Waals surface area (Å²) in [7, 11) is 0. The second-order valence-electron chi connectivity index (χ2n) is 2.06. The molecule has 72 valence electrons. The van der Waals surface area contributed by atoms with Gasteiger partial charge in [0.15, 0.2) is 0 Å². The third-order valence-corrected chi connectivity index (χ3v) is 1.04. The number of halogens is 6. The first kappa shape index (κ1) is 9.59. The van der Waals surface area contributed by atoms with Crippen molar-refractivity contribution in [1.29, 1.82) is 0 Å². The van der Waals surface area contributed by atoms with Gasteiger partial charge < -0.3 is 4.74 Å². The molecule has 0 radical (unpaired) electrons. The van der Waals surface area contributed by atoms with E-state index in [9.17, 15) is 26.3 Å². The lowest BCUT2D eigenvalue weighted by Gasteiger charge is -2.34. The van der Waals surface area contributed by atoms with Gasteiger partial charge in [0.25, 0.3) is 0 Å². The third-order valence-electron chi connectivity index (χ3n) is 1.04. The van der Waals surface area contributed by atoms with Crippen LogP contribution in [-0.4, -0.2) is 24.9 Å². The average molecular weight is 196 g/mol. The fraction of sp³-hybridized carbons (Fsp3) is 1.00. The molecule has 0 amide bonds. The first-order valence-electron chi connectivity index (χ1n) is 2.64. The highest BCUT2D eigenvalue weighted by molar-refractivity contribution is 4.74. The van der Waals surface area contributed by atoms with Gasteiger partial charge in [0.05, 0.1) is 0 Å². The van der Waals surface area contributed by atoms with Crippen molar-refractivity contribution in [3.63, 3.8) is 0 Å². The molecule has 1 aliphatic rings. The maximum absolute atomic E-state index is 11.9. The summed E-state index contributed by atoms with van der Waals surface area (Å²) in [6, 6.07) is 0. The number of hydrogen-bond acceptors (Lipinski definition) is 2. The van der Waals surface area contributed by atoms with Gasteiger partial charge >= 0.3 is 18.3 Å². The molecule has 0 aromatic carbocycles. The highest BCUT2D eigenvalue weighted by Gasteiger charge is 2.68. The monoisotopic (exact) mass is 196 g/mol. The number of alkyl halides is 6. The summed E-state index contributed by atoms with van der Waals surface area (Å²) < 4.78 is 76.8. The maximum Gasteiger partial charge on any atom is 0.452 e. The lowest BCUT2D eigenvalue weighted by Crippen LogP contribution is -2.56. The van der Waals surface area contributed by atoms with Crippen molar-refractivity contribution in [1.82, 2.24) is 0 Å². The minimum absolute atomic E-state index is 1.89. The predicted octanol–water partition coefficient (Wildman–Crippen LogP) is 1.81. The largest absolute Gasteiger partial charge is 0.452 e. The zero-order valence-corrected chi connectivity index (χ0v) is 5.29. The van der Waals surface area contributed by atoms with Gasteiger partial charge in [-0.3, -0.25) is 0 Å². The van der Waals surface area contributed by atoms with E-state index in [-0.39, 0.29) is 0 Å². The van der Waals surface area contributed by atoms with Gasteiger partial charge in [-0.25, -0.2) is 4.74 Å². The summed E-state index contributed by atoms with van der Waals surface area (Å²) in [6.07, 6.45) is -14.7. The number of rotatable bonds is 0. The van der Waals surface area contributed by atoms with E-state index < -0.39 is 24.9 Å². The van der Waals surface area contributed by atoms with Crippen LogP contribution in [0.5, 0.6) is 0 Å². The lowest BCUT2D eigenvalue weighted by molar-refractivity contribution is -0.529. The zero-order valence-electron chi connectivity index (χ0n) is 5.29. The second kappa shape index (κ2) is 2.25. The number of ether oxygens (including phenoxy) is 2. The Bertz CT molecular complexity index is 190. The van der Waals surface area contributed by atoms with Gasteiger partial charge in [-0.2, -0.15) is 26.3 Å². The van der Waals surface area contributed by atoms with Gasteiger partial charge in [-0.15, -0.1) is 0 Å². The van der Waals surface area contributed by atoms with Gasteiger partial charge in [0, 0.05) is 0 Å². The van der Waals surface area contributed by atoms with Crippen LogP contribution in [-0.2, 0) is 9.47 Å². The van der Waals surface area contributed by atoms with Crippen LogP contribution < -0.4 is 0 Å². The minimum Gasteiger partial charge on any atom is -0.304 e. The van der Waals surface area contributed by atoms with E-state index in [1.54, 1.807) is 0 Å². The van der Waals surface area contributed by atoms with Crippen LogP contribution in [0.1, 0.15) is 0 Å². The Labute approximate surface area is 62.0 Å². The van der Waals surface area contributed by atoms with Crippen molar-refractivity contribution in [2.75, 3.05) is 6.61 Å². The SMILES string of the molecule is FC1(F)COC(F)(F)C(F)(F)O1. The molecule has 0 atom stereocenters. The molecule has 0 bridgehead atoms. The first-order chi connectivity index (χ1) is 5.16. The predicted molar refractivity (Wildman–Crippen MR) is 21.9 cm³/mol. The van der Waals surface area contributed by atoms with E-state index >= 15 is 0 Å². The Morgan fingerprint density at radius 3 is 1.67 bits per heavy atom. The summed E-state index contributed by atoms with van der Waals surface area (Å²) in [6.45, 7) is -1.89. The van der Waals surface area contributed by atoms with Crippen LogP contribution in [0.3, 0.4) is 0 Å². The topological polar surface area (TPSA) is 18.5 Å². The Balaban J connectivity index is 2.82. The molecule has 0 aromatic rings. The number of hydrogen-bond donors (Lipinski definition) is 0. The smallest absolute Gasteiger partial charge is 0.304 e. The molecule has 0 N–H and O–H groups in total. The summed E-state index contributed by atoms with van der Waals surface area (Å²) in [5, 5.41) is 0. The minimum atomic E-state index is -5.30. The van der Waals surface area contributed by atoms with Crippen LogP contribution in [0, 0.1) is 0 Å². The molecular weight excluding hydrogens is 194 g/mol. The molecule has 1 heterocycles. The van der Waals surface area contributed by atoms with E-state index in [0.29, 0.717) is 0 Å². The van der Waals surface area contributed by atoms with E-state index in [1.807, 2.05) is 0 Å². The normalized spacial score (nSPS) is 31.5. The lowest BCUT2D eigenvalue weighted by atomic mass is 10.5. The quantitative estimate of drug-likeness (QED) is 0.550. The van der Waals surface area contributed by atoms with Crippen molar-refractivity contribution in [3.8, 4) is 0 Å². The van der Waals surface area contributed by atoms with E-state index in [2.05, 4.69) is 9.47 Å². The summed E-state index contributed by atoms with van der Waals surface area (Å²) >= 11 is 0. The van der Waals surface area contributed by atoms with E-state index in [4.69, 9.17) is 0 Å². The van der Waals surface area contributed by atoms with Crippen molar-refractivity contribution in [2.24, 2.45) is 0 Å². The molecule has 1 aliphatic heterocycles. The third kappa shape index (κ3) is 1.48. The molecule has 0 aromatic heterocycles. The van der Waals surface area contributed by atoms with Crippen LogP contribution in [0.2, 0.25) is 0 Å². The van der Waals surface area contributed by atoms with Crippen LogP contribution in [0.15, 0.2) is 0 Å². The van der Waals surface area contributed by atoms with Gasteiger partial charge in [0.1, 0.15) is 6.61 Å². The fourth-order valence-corrected chi connectivity index (χ4v) is 0.535. The van der Waals surface area contributed by atoms with Gasteiger partial charge in [0.2, 0.25) is 0 Å². The molecule has 1 rings (SSSR count). The molecule has 1 fully saturated rings. The Morgan fingerprint density at radius 2 is 1.33 bits per heavy atom. The Hall–Kier alpha value is -0.500. The van der Waals surface area contributed by atoms with Crippen molar-refractivity contribution < 1.29 is 35.8 Å². The Kier molecular flexibility index (Phi) is 1.80. The fourth-order valence-electron chi connectivity index (χ4n) is 0.535. The molecular formula is C4H2F6O2. The highest BCUT2D eigenvalue weighted by atomic mass is 19.3. The van der Waals surface area contributed by atoms with Gasteiger partial charge in [-0.1, -0.05) is 0 Å². The second-order valence-corrected chi connectivity index (χ2v) is 2.06. The van der Waals surface area contributed by atoms with Crippen LogP contribution in [0.25, 0.3) is 0 Å². The zero-order chi connectivity index (χ0) is 9.62. The maximum atomic E-state index is 11.9. The molecule has 2 nitrogen and oxygen atoms in total. The molecule has 0 spiro atoms. The molecule has 12 heavy (non-hydrogen) atoms. The summed E-state index contributed by atoms with van der Waals surface area (Å²) in [5.74, 6) is 0. The van der Waals surface area contributed by atoms with E-state index in [1.165, 1.54) is 0 Å². The first-order valence-corrected chi connectivity index (χ1v) is 2.64. The standard InChI is InChI=1S/C4H2F6O2/c5-2(6)1-11-3(7,8)4(9,10)12-2/h1H2. The Morgan fingerprint density at radius 1 is 0.833 bits per heavy atom. The van der Waals surface area contributed by atoms with Crippen molar-refractivity contribution in [3.05, 3.63) is 0 Å². The highest BCUT2D eigenvalue weighted by Crippen LogP contribution is 2.44. The van der Waals surface area contributed by atoms with Crippen LogP contribution in [0.4, 0.5) is 26.3 Å². The summed E-state index contributed by atoms with van der Waals surface area (Å²) in [5.41, 5.74) is 0. The van der Waals surface area contributed by atoms with Crippen LogP contribution >= 0.6 is 0 Å². The molecule has 1 saturated heterocycles. The molecule has 0 aliphatic carbocycles. The van der Waals surface area contributed by atoms with Gasteiger partial charge in [-0.05, 0) is 0 Å². The van der Waals surface area contributed by atoms with Crippen molar-refractivity contribution >= 4 is 0 Å². The molecule has 8 heteroatoms. The molecule has 0 saturated carbocycles. The average Bonchev–Trinajstić information content (AvgIpc) is 1.79. The van der Waals surface area contributed by atoms with E-state index in [0.717, 1.165) is 0 Å². The molecule has 0 unspecified atom stereocenters. The van der Waals surface area contributed by atoms with Crippen molar-refractivity contribution in [2.45, 2.75) is 18.3 Å².